The van der Waals surface area contributed by atoms with Gasteiger partial charge in [0.25, 0.3) is 5.69 Å². The first-order valence-corrected chi connectivity index (χ1v) is 9.55. The molecule has 0 aliphatic heterocycles. The third-order valence-electron chi connectivity index (χ3n) is 4.26. The molecule has 1 heterocycles. The first-order valence-electron chi connectivity index (χ1n) is 8.73. The van der Waals surface area contributed by atoms with Gasteiger partial charge in [-0.1, -0.05) is 47.3 Å². The summed E-state index contributed by atoms with van der Waals surface area (Å²) in [5.74, 6) is 0.706. The second-order valence-electron chi connectivity index (χ2n) is 6.07. The van der Waals surface area contributed by atoms with E-state index in [2.05, 4.69) is 10.3 Å². The van der Waals surface area contributed by atoms with Gasteiger partial charge in [0.1, 0.15) is 17.1 Å². The topological polar surface area (TPSA) is 83.1 Å². The maximum atomic E-state index is 10.8. The van der Waals surface area contributed by atoms with Crippen LogP contribution in [0.3, 0.4) is 0 Å². The van der Waals surface area contributed by atoms with Gasteiger partial charge in [0.15, 0.2) is 0 Å². The van der Waals surface area contributed by atoms with Gasteiger partial charge >= 0.3 is 0 Å². The Hall–Kier alpha value is -3.65. The highest BCUT2D eigenvalue weighted by atomic mass is 32.2. The van der Waals surface area contributed by atoms with Crippen molar-refractivity contribution in [1.29, 1.82) is 0 Å². The number of nitro benzene ring substituents is 1. The smallest absolute Gasteiger partial charge is 0.269 e. The second kappa shape index (κ2) is 8.15. The van der Waals surface area contributed by atoms with Gasteiger partial charge in [-0.3, -0.25) is 10.1 Å². The second-order valence-corrected chi connectivity index (χ2v) is 7.18. The standard InChI is InChI=1S/C21H16N4O3S/c1-28-20-8-4-3-7-19(20)24-14-18(22-23-24)17-6-2-5-9-21(17)29-16-12-10-15(11-13-16)25(26)27/h2-14H,1H3. The molecule has 0 fully saturated rings. The highest BCUT2D eigenvalue weighted by Crippen LogP contribution is 2.36. The van der Waals surface area contributed by atoms with E-state index >= 15 is 0 Å². The van der Waals surface area contributed by atoms with Gasteiger partial charge in [-0.2, -0.15) is 0 Å². The summed E-state index contributed by atoms with van der Waals surface area (Å²) >= 11 is 1.52. The molecule has 0 spiro atoms. The number of rotatable bonds is 6. The molecule has 0 amide bonds. The SMILES string of the molecule is COc1ccccc1-n1cc(-c2ccccc2Sc2ccc([N+](=O)[O-])cc2)nn1. The molecular formula is C21H16N4O3S. The molecule has 1 aromatic heterocycles. The summed E-state index contributed by atoms with van der Waals surface area (Å²) < 4.78 is 7.09. The number of benzene rings is 3. The third kappa shape index (κ3) is 3.97. The van der Waals surface area contributed by atoms with Crippen LogP contribution in [-0.4, -0.2) is 27.0 Å². The van der Waals surface area contributed by atoms with Crippen molar-refractivity contribution in [2.75, 3.05) is 7.11 Å². The minimum absolute atomic E-state index is 0.0717. The van der Waals surface area contributed by atoms with Gasteiger partial charge in [-0.05, 0) is 30.3 Å². The number of aromatic nitrogens is 3. The summed E-state index contributed by atoms with van der Waals surface area (Å²) in [5, 5.41) is 19.4. The lowest BCUT2D eigenvalue weighted by molar-refractivity contribution is -0.384. The van der Waals surface area contributed by atoms with Gasteiger partial charge in [0, 0.05) is 27.5 Å². The van der Waals surface area contributed by atoms with Crippen LogP contribution in [0.5, 0.6) is 5.75 Å². The maximum absolute atomic E-state index is 10.8. The molecule has 0 atom stereocenters. The molecule has 4 rings (SSSR count). The molecular weight excluding hydrogens is 388 g/mol. The molecule has 0 radical (unpaired) electrons. The molecule has 0 bridgehead atoms. The zero-order valence-electron chi connectivity index (χ0n) is 15.4. The van der Waals surface area contributed by atoms with Crippen LogP contribution >= 0.6 is 11.8 Å². The van der Waals surface area contributed by atoms with Gasteiger partial charge < -0.3 is 4.74 Å². The number of para-hydroxylation sites is 2. The average molecular weight is 404 g/mol. The summed E-state index contributed by atoms with van der Waals surface area (Å²) in [4.78, 5) is 12.3. The van der Waals surface area contributed by atoms with Crippen LogP contribution in [0.1, 0.15) is 0 Å². The predicted molar refractivity (Wildman–Crippen MR) is 111 cm³/mol. The first kappa shape index (κ1) is 18.7. The zero-order chi connectivity index (χ0) is 20.2. The Bertz CT molecular complexity index is 1160. The minimum atomic E-state index is -0.404. The molecule has 0 aliphatic carbocycles. The van der Waals surface area contributed by atoms with Crippen molar-refractivity contribution >= 4 is 17.4 Å². The largest absolute Gasteiger partial charge is 0.494 e. The van der Waals surface area contributed by atoms with E-state index in [4.69, 9.17) is 4.74 Å². The Balaban J connectivity index is 1.65. The predicted octanol–water partition coefficient (Wildman–Crippen LogP) is 5.00. The summed E-state index contributed by atoms with van der Waals surface area (Å²) in [7, 11) is 1.62. The summed E-state index contributed by atoms with van der Waals surface area (Å²) in [5.41, 5.74) is 2.52. The molecule has 0 saturated carbocycles. The molecule has 0 N–H and O–H groups in total. The Morgan fingerprint density at radius 3 is 2.48 bits per heavy atom. The van der Waals surface area contributed by atoms with Crippen LogP contribution in [0.25, 0.3) is 16.9 Å². The van der Waals surface area contributed by atoms with Gasteiger partial charge in [0.05, 0.1) is 18.2 Å². The molecule has 144 valence electrons. The molecule has 8 heteroatoms. The number of ether oxygens (including phenoxy) is 1. The molecule has 4 aromatic rings. The van der Waals surface area contributed by atoms with Crippen molar-refractivity contribution in [2.24, 2.45) is 0 Å². The van der Waals surface area contributed by atoms with E-state index in [1.165, 1.54) is 23.9 Å². The van der Waals surface area contributed by atoms with Crippen LogP contribution in [-0.2, 0) is 0 Å². The maximum Gasteiger partial charge on any atom is 0.269 e. The van der Waals surface area contributed by atoms with Gasteiger partial charge in [-0.25, -0.2) is 4.68 Å². The number of hydrogen-bond acceptors (Lipinski definition) is 6. The van der Waals surface area contributed by atoms with Crippen molar-refractivity contribution in [3.05, 3.63) is 89.1 Å². The van der Waals surface area contributed by atoms with Gasteiger partial charge in [-0.15, -0.1) is 5.10 Å². The molecule has 3 aromatic carbocycles. The van der Waals surface area contributed by atoms with Crippen molar-refractivity contribution in [1.82, 2.24) is 15.0 Å². The molecule has 0 aliphatic rings. The lowest BCUT2D eigenvalue weighted by Gasteiger charge is -2.07. The summed E-state index contributed by atoms with van der Waals surface area (Å²) in [6.07, 6.45) is 1.85. The van der Waals surface area contributed by atoms with E-state index in [0.717, 1.165) is 26.7 Å². The first-order chi connectivity index (χ1) is 14.2. The van der Waals surface area contributed by atoms with E-state index in [9.17, 15) is 10.1 Å². The lowest BCUT2D eigenvalue weighted by Crippen LogP contribution is -1.98. The quantitative estimate of drug-likeness (QED) is 0.332. The summed E-state index contributed by atoms with van der Waals surface area (Å²) in [6.45, 7) is 0. The monoisotopic (exact) mass is 404 g/mol. The fourth-order valence-electron chi connectivity index (χ4n) is 2.85. The number of nitro groups is 1. The number of nitrogens with zero attached hydrogens (tertiary/aromatic N) is 4. The molecule has 7 nitrogen and oxygen atoms in total. The van der Waals surface area contributed by atoms with E-state index < -0.39 is 4.92 Å². The highest BCUT2D eigenvalue weighted by molar-refractivity contribution is 7.99. The van der Waals surface area contributed by atoms with E-state index in [1.807, 2.05) is 54.7 Å². The van der Waals surface area contributed by atoms with Crippen LogP contribution < -0.4 is 4.74 Å². The Labute approximate surface area is 171 Å². The normalized spacial score (nSPS) is 10.7. The van der Waals surface area contributed by atoms with Crippen molar-refractivity contribution < 1.29 is 9.66 Å². The van der Waals surface area contributed by atoms with Gasteiger partial charge in [0.2, 0.25) is 0 Å². The van der Waals surface area contributed by atoms with E-state index in [0.29, 0.717) is 5.75 Å². The Morgan fingerprint density at radius 1 is 1.00 bits per heavy atom. The van der Waals surface area contributed by atoms with Crippen molar-refractivity contribution in [2.45, 2.75) is 9.79 Å². The van der Waals surface area contributed by atoms with Crippen LogP contribution in [0, 0.1) is 10.1 Å². The Kier molecular flexibility index (Phi) is 5.26. The highest BCUT2D eigenvalue weighted by Gasteiger charge is 2.13. The number of hydrogen-bond donors (Lipinski definition) is 0. The van der Waals surface area contributed by atoms with Crippen LogP contribution in [0.15, 0.2) is 88.8 Å². The van der Waals surface area contributed by atoms with Crippen LogP contribution in [0.4, 0.5) is 5.69 Å². The lowest BCUT2D eigenvalue weighted by atomic mass is 10.2. The van der Waals surface area contributed by atoms with Crippen molar-refractivity contribution in [3.8, 4) is 22.7 Å². The Morgan fingerprint density at radius 2 is 1.72 bits per heavy atom. The van der Waals surface area contributed by atoms with E-state index in [-0.39, 0.29) is 5.69 Å². The van der Waals surface area contributed by atoms with E-state index in [1.54, 1.807) is 23.9 Å². The summed E-state index contributed by atoms with van der Waals surface area (Å²) in [6, 6.07) is 21.9. The average Bonchev–Trinajstić information content (AvgIpc) is 3.24. The zero-order valence-corrected chi connectivity index (χ0v) is 16.2. The van der Waals surface area contributed by atoms with Crippen molar-refractivity contribution in [3.63, 3.8) is 0 Å². The molecule has 29 heavy (non-hydrogen) atoms. The minimum Gasteiger partial charge on any atom is -0.494 e. The molecule has 0 unspecified atom stereocenters. The number of methoxy groups -OCH3 is 1. The fraction of sp³-hybridized carbons (Fsp3) is 0.0476. The molecule has 0 saturated heterocycles. The number of non-ortho nitro benzene ring substituents is 1. The fourth-order valence-corrected chi connectivity index (χ4v) is 3.81. The van der Waals surface area contributed by atoms with Crippen LogP contribution in [0.2, 0.25) is 0 Å². The third-order valence-corrected chi connectivity index (χ3v) is 5.35.